The van der Waals surface area contributed by atoms with Gasteiger partial charge in [0.25, 0.3) is 0 Å². The van der Waals surface area contributed by atoms with Gasteiger partial charge in [0, 0.05) is 20.4 Å². The number of hydrogen-bond acceptors (Lipinski definition) is 0. The summed E-state index contributed by atoms with van der Waals surface area (Å²) < 4.78 is 0. The maximum atomic E-state index is 2.98. The molecule has 0 radical (unpaired) electrons. The molecular formula is C32H70P2Pd. The third kappa shape index (κ3) is 17.7. The van der Waals surface area contributed by atoms with Gasteiger partial charge in [0.15, 0.2) is 0 Å². The van der Waals surface area contributed by atoms with Crippen LogP contribution in [0.4, 0.5) is 0 Å². The Kier molecular flexibility index (Phi) is 17.3. The second-order valence-corrected chi connectivity index (χ2v) is 18.8. The first-order valence-electron chi connectivity index (χ1n) is 14.0. The van der Waals surface area contributed by atoms with Gasteiger partial charge >= 0.3 is 0 Å². The molecule has 0 fully saturated rings. The fraction of sp³-hybridized carbons (Fsp3) is 1.00. The molecule has 0 amide bonds. The van der Waals surface area contributed by atoms with Gasteiger partial charge in [0.1, 0.15) is 0 Å². The van der Waals surface area contributed by atoms with Crippen LogP contribution in [0, 0.1) is 56.2 Å². The number of rotatable bonds is 6. The molecule has 0 rings (SSSR count). The third-order valence-corrected chi connectivity index (χ3v) is 8.61. The molecule has 3 heteroatoms. The van der Waals surface area contributed by atoms with Gasteiger partial charge in [0.05, 0.1) is 0 Å². The molecule has 0 aliphatic carbocycles. The summed E-state index contributed by atoms with van der Waals surface area (Å²) in [6, 6.07) is 0. The van der Waals surface area contributed by atoms with E-state index in [2.05, 4.69) is 143 Å². The quantitative estimate of drug-likeness (QED) is 0.204. The van der Waals surface area contributed by atoms with Crippen molar-refractivity contribution < 1.29 is 20.4 Å². The molecule has 0 heterocycles. The maximum Gasteiger partial charge on any atom is 0 e. The molecule has 0 aromatic heterocycles. The van der Waals surface area contributed by atoms with Crippen molar-refractivity contribution in [3.8, 4) is 0 Å². The summed E-state index contributed by atoms with van der Waals surface area (Å²) >= 11 is 0. The molecule has 0 aromatic carbocycles. The minimum absolute atomic E-state index is 0. The van der Waals surface area contributed by atoms with Crippen molar-refractivity contribution in [1.82, 2.24) is 0 Å². The van der Waals surface area contributed by atoms with E-state index in [4.69, 9.17) is 0 Å². The average molecular weight is 623 g/mol. The zero-order valence-electron chi connectivity index (χ0n) is 27.6. The van der Waals surface area contributed by atoms with Crippen LogP contribution in [0.3, 0.4) is 0 Å². The van der Waals surface area contributed by atoms with Crippen molar-refractivity contribution in [2.24, 2.45) is 56.2 Å². The van der Waals surface area contributed by atoms with Gasteiger partial charge in [-0.15, -0.1) is 18.5 Å². The summed E-state index contributed by atoms with van der Waals surface area (Å²) in [5, 5.41) is 0. The van der Waals surface area contributed by atoms with Crippen LogP contribution in [0.5, 0.6) is 0 Å². The molecule has 0 aromatic rings. The van der Waals surface area contributed by atoms with E-state index in [1.165, 1.54) is 25.2 Å². The second-order valence-electron chi connectivity index (χ2n) is 17.9. The Morgan fingerprint density at radius 3 is 0.629 bits per heavy atom. The van der Waals surface area contributed by atoms with E-state index >= 15 is 0 Å². The second kappa shape index (κ2) is 14.8. The zero-order chi connectivity index (χ0) is 28.1. The fourth-order valence-electron chi connectivity index (χ4n) is 5.67. The van der Waals surface area contributed by atoms with E-state index in [9.17, 15) is 0 Å². The summed E-state index contributed by atoms with van der Waals surface area (Å²) in [7, 11) is 5.96. The Balaban J connectivity index is -0.000000569. The predicted octanol–water partition coefficient (Wildman–Crippen LogP) is 11.2. The minimum atomic E-state index is 0. The van der Waals surface area contributed by atoms with Crippen LogP contribution < -0.4 is 0 Å². The fourth-order valence-corrected chi connectivity index (χ4v) is 7.74. The van der Waals surface area contributed by atoms with Gasteiger partial charge < -0.3 is 0 Å². The van der Waals surface area contributed by atoms with Crippen molar-refractivity contribution in [2.75, 3.05) is 12.3 Å². The van der Waals surface area contributed by atoms with Crippen molar-refractivity contribution in [3.05, 3.63) is 0 Å². The Hall–Kier alpha value is 1.52. The summed E-state index contributed by atoms with van der Waals surface area (Å²) in [4.78, 5) is 0. The standard InChI is InChI=1S/2C16H35P.Pd/c2*1-14(2,3)10-12(15(4,5)6)13(11-17)16(7,8)9;/h2*12-13H,10-11,17H2,1-9H3;. The molecule has 0 saturated heterocycles. The molecule has 0 spiro atoms. The van der Waals surface area contributed by atoms with Crippen molar-refractivity contribution >= 4 is 18.5 Å². The molecule has 0 nitrogen and oxygen atoms in total. The van der Waals surface area contributed by atoms with Crippen molar-refractivity contribution in [1.29, 1.82) is 0 Å². The summed E-state index contributed by atoms with van der Waals surface area (Å²) in [6.07, 6.45) is 5.04. The monoisotopic (exact) mass is 622 g/mol. The first kappa shape index (κ1) is 41.0. The molecule has 218 valence electrons. The molecule has 0 bridgehead atoms. The molecule has 0 N–H and O–H groups in total. The molecule has 0 aliphatic heterocycles. The predicted molar refractivity (Wildman–Crippen MR) is 169 cm³/mol. The van der Waals surface area contributed by atoms with Crippen LogP contribution in [0.1, 0.15) is 137 Å². The number of hydrogen-bond donors (Lipinski definition) is 0. The van der Waals surface area contributed by atoms with E-state index in [0.29, 0.717) is 32.5 Å². The van der Waals surface area contributed by atoms with E-state index in [0.717, 1.165) is 23.7 Å². The molecular weight excluding hydrogens is 553 g/mol. The Morgan fingerprint density at radius 2 is 0.543 bits per heavy atom. The van der Waals surface area contributed by atoms with E-state index < -0.39 is 0 Å². The normalized spacial score (nSPS) is 17.5. The van der Waals surface area contributed by atoms with E-state index in [1.54, 1.807) is 0 Å². The Morgan fingerprint density at radius 1 is 0.371 bits per heavy atom. The van der Waals surface area contributed by atoms with Crippen LogP contribution in [0.25, 0.3) is 0 Å². The van der Waals surface area contributed by atoms with Gasteiger partial charge in [-0.1, -0.05) is 125 Å². The Bertz CT molecular complexity index is 501. The molecule has 6 unspecified atom stereocenters. The smallest absolute Gasteiger partial charge is 0 e. The minimum Gasteiger partial charge on any atom is -0.137 e. The topological polar surface area (TPSA) is 0 Å². The van der Waals surface area contributed by atoms with Gasteiger partial charge in [-0.2, -0.15) is 0 Å². The van der Waals surface area contributed by atoms with Crippen LogP contribution in [-0.4, -0.2) is 12.3 Å². The van der Waals surface area contributed by atoms with E-state index in [1.807, 2.05) is 0 Å². The SMILES string of the molecule is CC(C)(C)CC(C(CP)C(C)(C)C)C(C)(C)C.CC(C)(C)CC(C(CP)C(C)(C)C)C(C)(C)C.[Pd]. The first-order chi connectivity index (χ1) is 14.6. The van der Waals surface area contributed by atoms with Crippen LogP contribution in [-0.2, 0) is 20.4 Å². The summed E-state index contributed by atoms with van der Waals surface area (Å²) in [6.45, 7) is 43.0. The van der Waals surface area contributed by atoms with Crippen molar-refractivity contribution in [3.63, 3.8) is 0 Å². The van der Waals surface area contributed by atoms with Gasteiger partial charge in [-0.05, 0) is 81.3 Å². The molecule has 0 saturated carbocycles. The van der Waals surface area contributed by atoms with Crippen LogP contribution in [0.2, 0.25) is 0 Å². The largest absolute Gasteiger partial charge is 0.137 e. The Labute approximate surface area is 243 Å². The molecule has 0 aliphatic rings. The van der Waals surface area contributed by atoms with Crippen LogP contribution in [0.15, 0.2) is 0 Å². The van der Waals surface area contributed by atoms with E-state index in [-0.39, 0.29) is 20.4 Å². The van der Waals surface area contributed by atoms with Gasteiger partial charge in [0.2, 0.25) is 0 Å². The maximum absolute atomic E-state index is 2.98. The first-order valence-corrected chi connectivity index (χ1v) is 15.6. The average Bonchev–Trinajstić information content (AvgIpc) is 2.48. The summed E-state index contributed by atoms with van der Waals surface area (Å²) in [5.41, 5.74) is 2.40. The zero-order valence-corrected chi connectivity index (χ0v) is 31.5. The summed E-state index contributed by atoms with van der Waals surface area (Å²) in [5.74, 6) is 3.10. The van der Waals surface area contributed by atoms with Crippen molar-refractivity contribution in [2.45, 2.75) is 137 Å². The van der Waals surface area contributed by atoms with Gasteiger partial charge in [-0.25, -0.2) is 0 Å². The molecule has 6 atom stereocenters. The third-order valence-electron chi connectivity index (χ3n) is 7.59. The molecule has 35 heavy (non-hydrogen) atoms. The van der Waals surface area contributed by atoms with Gasteiger partial charge in [-0.3, -0.25) is 0 Å². The van der Waals surface area contributed by atoms with Crippen LogP contribution >= 0.6 is 18.5 Å².